The molecule has 0 saturated carbocycles. The molecule has 0 aliphatic carbocycles. The van der Waals surface area contributed by atoms with Crippen LogP contribution in [0.4, 0.5) is 5.69 Å². The molecule has 0 spiro atoms. The number of nitrogens with zero attached hydrogens (tertiary/aromatic N) is 5. The summed E-state index contributed by atoms with van der Waals surface area (Å²) >= 11 is 14.1. The molecule has 0 radical (unpaired) electrons. The second-order valence-corrected chi connectivity index (χ2v) is 11.4. The van der Waals surface area contributed by atoms with Crippen molar-refractivity contribution in [2.75, 3.05) is 17.7 Å². The molecule has 1 N–H and O–H groups in total. The van der Waals surface area contributed by atoms with Crippen molar-refractivity contribution in [1.29, 1.82) is 0 Å². The van der Waals surface area contributed by atoms with Gasteiger partial charge in [-0.15, -0.1) is 5.10 Å². The van der Waals surface area contributed by atoms with Crippen LogP contribution in [-0.4, -0.2) is 62.1 Å². The van der Waals surface area contributed by atoms with Gasteiger partial charge in [-0.2, -0.15) is 4.68 Å². The molecule has 1 fully saturated rings. The standard InChI is InChI=1S/C25H28Cl2N6O5S/c1-25(2,3)38-22(35)17(15-10-7-11-28-15)33(21(34)16-18(26)29-23(39-5)30-19(16)27)14-9-6-8-13(12-14)20-31-32(4)24(36)37-20/h6,8-9,12,15,17,28H,7,10-11H2,1-5H3. The Labute approximate surface area is 239 Å². The van der Waals surface area contributed by atoms with E-state index in [1.165, 1.54) is 23.7 Å². The van der Waals surface area contributed by atoms with E-state index < -0.39 is 35.3 Å². The summed E-state index contributed by atoms with van der Waals surface area (Å²) in [5.41, 5.74) is -0.259. The molecule has 4 rings (SSSR count). The normalized spacial score (nSPS) is 16.2. The number of thioether (sulfide) groups is 1. The molecule has 1 saturated heterocycles. The summed E-state index contributed by atoms with van der Waals surface area (Å²) in [6.07, 6.45) is 3.17. The van der Waals surface area contributed by atoms with Gasteiger partial charge in [-0.25, -0.2) is 19.6 Å². The average molecular weight is 596 g/mol. The van der Waals surface area contributed by atoms with Crippen LogP contribution in [0.5, 0.6) is 0 Å². The number of hydrogen-bond donors (Lipinski definition) is 1. The Kier molecular flexibility index (Phi) is 8.69. The van der Waals surface area contributed by atoms with Gasteiger partial charge in [0, 0.05) is 24.3 Å². The molecule has 1 aliphatic rings. The van der Waals surface area contributed by atoms with E-state index in [1.807, 2.05) is 0 Å². The second-order valence-electron chi connectivity index (χ2n) is 9.87. The summed E-state index contributed by atoms with van der Waals surface area (Å²) in [5.74, 6) is -1.90. The van der Waals surface area contributed by atoms with E-state index in [-0.39, 0.29) is 21.8 Å². The Morgan fingerprint density at radius 3 is 2.49 bits per heavy atom. The van der Waals surface area contributed by atoms with Gasteiger partial charge < -0.3 is 14.5 Å². The number of ether oxygens (including phenoxy) is 1. The number of halogens is 2. The van der Waals surface area contributed by atoms with Crippen molar-refractivity contribution in [3.05, 3.63) is 50.7 Å². The number of hydrogen-bond acceptors (Lipinski definition) is 10. The number of anilines is 1. The van der Waals surface area contributed by atoms with Crippen LogP contribution in [0.25, 0.3) is 11.5 Å². The van der Waals surface area contributed by atoms with E-state index in [1.54, 1.807) is 51.3 Å². The van der Waals surface area contributed by atoms with Crippen LogP contribution in [0.15, 0.2) is 38.6 Å². The van der Waals surface area contributed by atoms with Crippen molar-refractivity contribution < 1.29 is 18.7 Å². The lowest BCUT2D eigenvalue weighted by Gasteiger charge is -2.36. The Balaban J connectivity index is 1.91. The summed E-state index contributed by atoms with van der Waals surface area (Å²) in [6.45, 7) is 5.92. The summed E-state index contributed by atoms with van der Waals surface area (Å²) in [7, 11) is 1.46. The van der Waals surface area contributed by atoms with Gasteiger partial charge in [0.1, 0.15) is 27.5 Å². The first-order valence-corrected chi connectivity index (χ1v) is 14.1. The maximum atomic E-state index is 14.3. The highest BCUT2D eigenvalue weighted by molar-refractivity contribution is 7.98. The van der Waals surface area contributed by atoms with Gasteiger partial charge in [-0.05, 0) is 64.6 Å². The Morgan fingerprint density at radius 1 is 1.26 bits per heavy atom. The molecule has 2 unspecified atom stereocenters. The Hall–Kier alpha value is -2.93. The largest absolute Gasteiger partial charge is 0.458 e. The fourth-order valence-corrected chi connectivity index (χ4v) is 5.24. The van der Waals surface area contributed by atoms with Gasteiger partial charge in [0.2, 0.25) is 5.89 Å². The minimum Gasteiger partial charge on any atom is -0.458 e. The molecule has 39 heavy (non-hydrogen) atoms. The van der Waals surface area contributed by atoms with E-state index >= 15 is 0 Å². The predicted octanol–water partition coefficient (Wildman–Crippen LogP) is 3.97. The van der Waals surface area contributed by atoms with Crippen LogP contribution < -0.4 is 16.0 Å². The predicted molar refractivity (Wildman–Crippen MR) is 148 cm³/mol. The first-order chi connectivity index (χ1) is 18.4. The van der Waals surface area contributed by atoms with Crippen LogP contribution in [-0.2, 0) is 16.6 Å². The zero-order valence-corrected chi connectivity index (χ0v) is 24.4. The average Bonchev–Trinajstić information content (AvgIpc) is 3.50. The van der Waals surface area contributed by atoms with Crippen molar-refractivity contribution in [3.63, 3.8) is 0 Å². The van der Waals surface area contributed by atoms with Crippen molar-refractivity contribution in [1.82, 2.24) is 25.1 Å². The molecule has 3 aromatic rings. The molecule has 0 bridgehead atoms. The minimum absolute atomic E-state index is 0.0493. The number of aromatic nitrogens is 4. The SMILES string of the molecule is CSc1nc(Cl)c(C(=O)N(c2cccc(-c3nn(C)c(=O)o3)c2)C(C(=O)OC(C)(C)C)C2CCCN2)c(Cl)n1. The lowest BCUT2D eigenvalue weighted by Crippen LogP contribution is -2.56. The molecule has 2 aromatic heterocycles. The summed E-state index contributed by atoms with van der Waals surface area (Å²) < 4.78 is 12.1. The molecular weight excluding hydrogens is 567 g/mol. The second kappa shape index (κ2) is 11.7. The van der Waals surface area contributed by atoms with Crippen molar-refractivity contribution >= 4 is 52.5 Å². The number of carbonyl (C=O) groups excluding carboxylic acids is 2. The summed E-state index contributed by atoms with van der Waals surface area (Å²) in [5, 5.41) is 7.41. The first kappa shape index (κ1) is 29.1. The lowest BCUT2D eigenvalue weighted by atomic mass is 10.0. The number of nitrogens with one attached hydrogen (secondary N) is 1. The number of esters is 1. The van der Waals surface area contributed by atoms with Crippen molar-refractivity contribution in [2.24, 2.45) is 7.05 Å². The molecule has 208 valence electrons. The molecule has 11 nitrogen and oxygen atoms in total. The Bertz CT molecular complexity index is 1420. The van der Waals surface area contributed by atoms with Crippen LogP contribution in [0.1, 0.15) is 44.0 Å². The number of benzene rings is 1. The van der Waals surface area contributed by atoms with E-state index in [0.29, 0.717) is 29.4 Å². The molecule has 14 heteroatoms. The van der Waals surface area contributed by atoms with Crippen LogP contribution >= 0.6 is 35.0 Å². The van der Waals surface area contributed by atoms with Gasteiger partial charge in [0.15, 0.2) is 5.16 Å². The van der Waals surface area contributed by atoms with E-state index in [2.05, 4.69) is 20.4 Å². The molecular formula is C25H28Cl2N6O5S. The van der Waals surface area contributed by atoms with Crippen LogP contribution in [0.3, 0.4) is 0 Å². The number of rotatable bonds is 7. The summed E-state index contributed by atoms with van der Waals surface area (Å²) in [6, 6.07) is 5.04. The van der Waals surface area contributed by atoms with Gasteiger partial charge in [0.25, 0.3) is 5.91 Å². The van der Waals surface area contributed by atoms with Crippen LogP contribution in [0, 0.1) is 0 Å². The lowest BCUT2D eigenvalue weighted by molar-refractivity contribution is -0.157. The smallest absolute Gasteiger partial charge is 0.437 e. The zero-order valence-electron chi connectivity index (χ0n) is 22.0. The highest BCUT2D eigenvalue weighted by Gasteiger charge is 2.43. The van der Waals surface area contributed by atoms with Gasteiger partial charge >= 0.3 is 11.7 Å². The third kappa shape index (κ3) is 6.46. The maximum absolute atomic E-state index is 14.3. The molecule has 1 amide bonds. The third-order valence-electron chi connectivity index (χ3n) is 5.88. The third-order valence-corrected chi connectivity index (χ3v) is 6.98. The quantitative estimate of drug-likeness (QED) is 0.185. The van der Waals surface area contributed by atoms with Gasteiger partial charge in [-0.1, -0.05) is 41.0 Å². The van der Waals surface area contributed by atoms with Crippen molar-refractivity contribution in [2.45, 2.75) is 56.5 Å². The molecule has 2 atom stereocenters. The number of amides is 1. The monoisotopic (exact) mass is 594 g/mol. The van der Waals surface area contributed by atoms with E-state index in [4.69, 9.17) is 32.4 Å². The number of carbonyl (C=O) groups is 2. The fourth-order valence-electron chi connectivity index (χ4n) is 4.23. The fraction of sp³-hybridized carbons (Fsp3) is 0.440. The minimum atomic E-state index is -1.10. The van der Waals surface area contributed by atoms with Crippen molar-refractivity contribution in [3.8, 4) is 11.5 Å². The number of aryl methyl sites for hydroxylation is 1. The van der Waals surface area contributed by atoms with Gasteiger partial charge in [-0.3, -0.25) is 9.69 Å². The van der Waals surface area contributed by atoms with E-state index in [9.17, 15) is 14.4 Å². The zero-order chi connectivity index (χ0) is 28.5. The topological polar surface area (TPSA) is 132 Å². The van der Waals surface area contributed by atoms with E-state index in [0.717, 1.165) is 11.1 Å². The van der Waals surface area contributed by atoms with Gasteiger partial charge in [0.05, 0.1) is 0 Å². The Morgan fingerprint density at radius 2 is 1.95 bits per heavy atom. The van der Waals surface area contributed by atoms with Crippen LogP contribution in [0.2, 0.25) is 10.3 Å². The first-order valence-electron chi connectivity index (χ1n) is 12.1. The summed E-state index contributed by atoms with van der Waals surface area (Å²) in [4.78, 5) is 49.6. The molecule has 1 aromatic carbocycles. The molecule has 3 heterocycles. The maximum Gasteiger partial charge on any atom is 0.437 e. The molecule has 1 aliphatic heterocycles. The highest BCUT2D eigenvalue weighted by Crippen LogP contribution is 2.33. The highest BCUT2D eigenvalue weighted by atomic mass is 35.5.